The van der Waals surface area contributed by atoms with Gasteiger partial charge in [-0.05, 0) is 68.9 Å². The number of rotatable bonds is 13. The van der Waals surface area contributed by atoms with Gasteiger partial charge in [-0.2, -0.15) is 0 Å². The standard InChI is InChI=1S/C28H47NO6SSi/c1-19(2)37(20(3)4,21(5)6)34-16-12-15-29(18-25(30)35-28(8,9)10)26(31)22(7)17-23-13-14-24(36-23)27(32)33-11/h13-14,17,19-21H,12,15-16,18H2,1-11H3/b22-17+. The Hall–Kier alpha value is -1.97. The van der Waals surface area contributed by atoms with Crippen molar-refractivity contribution in [1.29, 1.82) is 0 Å². The smallest absolute Gasteiger partial charge is 0.348 e. The summed E-state index contributed by atoms with van der Waals surface area (Å²) in [5, 5.41) is 0. The highest BCUT2D eigenvalue weighted by molar-refractivity contribution is 7.14. The quantitative estimate of drug-likeness (QED) is 0.117. The van der Waals surface area contributed by atoms with E-state index >= 15 is 0 Å². The molecule has 0 saturated heterocycles. The van der Waals surface area contributed by atoms with Crippen LogP contribution >= 0.6 is 11.3 Å². The fourth-order valence-corrected chi connectivity index (χ4v) is 11.4. The van der Waals surface area contributed by atoms with Crippen LogP contribution in [0.1, 0.15) is 90.2 Å². The van der Waals surface area contributed by atoms with Crippen molar-refractivity contribution in [2.45, 2.75) is 97.9 Å². The molecule has 7 nitrogen and oxygen atoms in total. The number of carbonyl (C=O) groups excluding carboxylic acids is 3. The molecular formula is C28H47NO6SSi. The SMILES string of the molecule is COC(=O)c1ccc(/C=C(\C)C(=O)N(CCCO[Si](C(C)C)(C(C)C)C(C)C)CC(=O)OC(C)(C)C)s1. The first kappa shape index (κ1) is 33.1. The maximum Gasteiger partial charge on any atom is 0.348 e. The second kappa shape index (κ2) is 14.3. The fourth-order valence-electron chi connectivity index (χ4n) is 4.95. The second-order valence-electron chi connectivity index (χ2n) is 11.4. The van der Waals surface area contributed by atoms with Crippen molar-refractivity contribution >= 4 is 43.6 Å². The van der Waals surface area contributed by atoms with E-state index in [-0.39, 0.29) is 12.5 Å². The van der Waals surface area contributed by atoms with Crippen LogP contribution in [-0.4, -0.2) is 63.5 Å². The molecule has 0 bridgehead atoms. The van der Waals surface area contributed by atoms with Crippen LogP contribution in [0, 0.1) is 0 Å². The summed E-state index contributed by atoms with van der Waals surface area (Å²) in [4.78, 5) is 40.5. The molecule has 0 aliphatic carbocycles. The van der Waals surface area contributed by atoms with Crippen molar-refractivity contribution in [1.82, 2.24) is 4.90 Å². The summed E-state index contributed by atoms with van der Waals surface area (Å²) < 4.78 is 16.9. The Bertz CT molecular complexity index is 923. The second-order valence-corrected chi connectivity index (χ2v) is 17.9. The minimum absolute atomic E-state index is 0.139. The summed E-state index contributed by atoms with van der Waals surface area (Å²) in [7, 11) is -0.682. The lowest BCUT2D eigenvalue weighted by molar-refractivity contribution is -0.158. The molecule has 0 aromatic carbocycles. The van der Waals surface area contributed by atoms with Gasteiger partial charge in [0.05, 0.1) is 7.11 Å². The predicted molar refractivity (Wildman–Crippen MR) is 153 cm³/mol. The van der Waals surface area contributed by atoms with E-state index in [4.69, 9.17) is 13.9 Å². The van der Waals surface area contributed by atoms with Gasteiger partial charge in [-0.25, -0.2) is 4.79 Å². The van der Waals surface area contributed by atoms with Crippen LogP contribution in [0.15, 0.2) is 17.7 Å². The van der Waals surface area contributed by atoms with Gasteiger partial charge >= 0.3 is 11.9 Å². The van der Waals surface area contributed by atoms with E-state index in [1.807, 2.05) is 0 Å². The van der Waals surface area contributed by atoms with Crippen LogP contribution < -0.4 is 0 Å². The third-order valence-corrected chi connectivity index (χ3v) is 13.5. The van der Waals surface area contributed by atoms with Crippen LogP contribution in [0.3, 0.4) is 0 Å². The molecule has 210 valence electrons. The van der Waals surface area contributed by atoms with E-state index in [9.17, 15) is 14.4 Å². The van der Waals surface area contributed by atoms with Gasteiger partial charge < -0.3 is 18.8 Å². The zero-order chi connectivity index (χ0) is 28.6. The molecule has 1 heterocycles. The van der Waals surface area contributed by atoms with Crippen LogP contribution in [0.25, 0.3) is 6.08 Å². The zero-order valence-electron chi connectivity index (χ0n) is 24.6. The summed E-state index contributed by atoms with van der Waals surface area (Å²) in [6.07, 6.45) is 2.35. The topological polar surface area (TPSA) is 82.1 Å². The fraction of sp³-hybridized carbons (Fsp3) is 0.679. The average molecular weight is 554 g/mol. The van der Waals surface area contributed by atoms with Crippen molar-refractivity contribution in [3.63, 3.8) is 0 Å². The number of ether oxygens (including phenoxy) is 2. The van der Waals surface area contributed by atoms with E-state index in [0.29, 0.717) is 46.6 Å². The minimum atomic E-state index is -2.02. The van der Waals surface area contributed by atoms with E-state index in [1.54, 1.807) is 45.9 Å². The van der Waals surface area contributed by atoms with Gasteiger partial charge in [0.2, 0.25) is 5.91 Å². The predicted octanol–water partition coefficient (Wildman–Crippen LogP) is 6.69. The molecule has 0 saturated carbocycles. The molecule has 0 unspecified atom stereocenters. The summed E-state index contributed by atoms with van der Waals surface area (Å²) >= 11 is 1.25. The van der Waals surface area contributed by atoms with E-state index < -0.39 is 25.9 Å². The lowest BCUT2D eigenvalue weighted by atomic mass is 10.2. The van der Waals surface area contributed by atoms with Gasteiger partial charge in [-0.15, -0.1) is 11.3 Å². The Morgan fingerprint density at radius 2 is 1.59 bits per heavy atom. The van der Waals surface area contributed by atoms with Gasteiger partial charge in [-0.3, -0.25) is 9.59 Å². The van der Waals surface area contributed by atoms with Crippen molar-refractivity contribution in [2.75, 3.05) is 26.8 Å². The maximum atomic E-state index is 13.4. The average Bonchev–Trinajstić information content (AvgIpc) is 3.23. The summed E-state index contributed by atoms with van der Waals surface area (Å²) in [6, 6.07) is 3.44. The molecule has 0 fully saturated rings. The number of hydrogen-bond donors (Lipinski definition) is 0. The van der Waals surface area contributed by atoms with Gasteiger partial charge in [0.25, 0.3) is 0 Å². The van der Waals surface area contributed by atoms with Gasteiger partial charge in [0.1, 0.15) is 17.0 Å². The number of nitrogens with zero attached hydrogens (tertiary/aromatic N) is 1. The van der Waals surface area contributed by atoms with Crippen molar-refractivity contribution < 1.29 is 28.3 Å². The highest BCUT2D eigenvalue weighted by atomic mass is 32.1. The Balaban J connectivity index is 3.05. The first-order valence-corrected chi connectivity index (χ1v) is 16.0. The van der Waals surface area contributed by atoms with Gasteiger partial charge in [0.15, 0.2) is 8.32 Å². The first-order chi connectivity index (χ1) is 17.0. The molecule has 1 aromatic rings. The van der Waals surface area contributed by atoms with Gasteiger partial charge in [0, 0.05) is 23.6 Å². The molecule has 1 amide bonds. The Kier molecular flexibility index (Phi) is 12.7. The molecule has 1 rings (SSSR count). The molecule has 0 aliphatic heterocycles. The molecule has 9 heteroatoms. The number of esters is 2. The summed E-state index contributed by atoms with van der Waals surface area (Å²) in [6.45, 7) is 21.4. The molecule has 0 aliphatic rings. The monoisotopic (exact) mass is 553 g/mol. The lowest BCUT2D eigenvalue weighted by Gasteiger charge is -2.42. The summed E-state index contributed by atoms with van der Waals surface area (Å²) in [5.41, 5.74) is 1.24. The zero-order valence-corrected chi connectivity index (χ0v) is 26.4. The van der Waals surface area contributed by atoms with Crippen molar-refractivity contribution in [2.24, 2.45) is 0 Å². The third kappa shape index (κ3) is 9.69. The Morgan fingerprint density at radius 3 is 2.08 bits per heavy atom. The number of methoxy groups -OCH3 is 1. The molecular weight excluding hydrogens is 506 g/mol. The first-order valence-electron chi connectivity index (χ1n) is 13.1. The van der Waals surface area contributed by atoms with E-state index in [0.717, 1.165) is 4.88 Å². The van der Waals surface area contributed by atoms with Crippen molar-refractivity contribution in [3.05, 3.63) is 27.5 Å². The molecule has 1 aromatic heterocycles. The van der Waals surface area contributed by atoms with Crippen LogP contribution in [0.2, 0.25) is 16.6 Å². The Labute approximate surface area is 228 Å². The van der Waals surface area contributed by atoms with Crippen LogP contribution in [0.5, 0.6) is 0 Å². The maximum absolute atomic E-state index is 13.4. The highest BCUT2D eigenvalue weighted by Crippen LogP contribution is 2.42. The molecule has 37 heavy (non-hydrogen) atoms. The molecule has 0 spiro atoms. The van der Waals surface area contributed by atoms with Crippen LogP contribution in [-0.2, 0) is 23.5 Å². The Morgan fingerprint density at radius 1 is 1.03 bits per heavy atom. The number of thiophene rings is 1. The van der Waals surface area contributed by atoms with E-state index in [1.165, 1.54) is 23.3 Å². The number of hydrogen-bond acceptors (Lipinski definition) is 7. The number of amides is 1. The largest absolute Gasteiger partial charge is 0.465 e. The molecule has 0 N–H and O–H groups in total. The normalized spacial score (nSPS) is 12.9. The lowest BCUT2D eigenvalue weighted by Crippen LogP contribution is -2.48. The van der Waals surface area contributed by atoms with Crippen LogP contribution in [0.4, 0.5) is 0 Å². The molecule has 0 atom stereocenters. The van der Waals surface area contributed by atoms with Crippen molar-refractivity contribution in [3.8, 4) is 0 Å². The molecule has 0 radical (unpaired) electrons. The van der Waals surface area contributed by atoms with E-state index in [2.05, 4.69) is 41.5 Å². The highest BCUT2D eigenvalue weighted by Gasteiger charge is 2.44. The summed E-state index contributed by atoms with van der Waals surface area (Å²) in [5.74, 6) is -1.11. The van der Waals surface area contributed by atoms with Gasteiger partial charge in [-0.1, -0.05) is 41.5 Å². The third-order valence-electron chi connectivity index (χ3n) is 6.37. The number of carbonyl (C=O) groups is 3. The minimum Gasteiger partial charge on any atom is -0.465 e.